The smallest absolute Gasteiger partial charge is 0.225 e. The molecule has 2 rings (SSSR count). The van der Waals surface area contributed by atoms with Gasteiger partial charge in [-0.2, -0.15) is 0 Å². The number of rotatable bonds is 3. The van der Waals surface area contributed by atoms with Crippen molar-refractivity contribution in [2.45, 2.75) is 51.2 Å². The molecule has 2 N–H and O–H groups in total. The Morgan fingerprint density at radius 2 is 2.24 bits per heavy atom. The lowest BCUT2D eigenvalue weighted by atomic mass is 10.0. The molecule has 98 valence electrons. The van der Waals surface area contributed by atoms with E-state index in [1.807, 2.05) is 4.90 Å². The Hall–Kier alpha value is -0.610. The van der Waals surface area contributed by atoms with E-state index in [1.165, 1.54) is 6.42 Å². The molecule has 1 amide bonds. The standard InChI is InChI=1S/C13H24N2O2/c1-10-5-6-15(12(10)9-14)13(16)8-11-4-2-3-7-17-11/h10-12H,2-9,14H2,1H3. The number of carbonyl (C=O) groups excluding carboxylic acids is 1. The predicted molar refractivity (Wildman–Crippen MR) is 66.5 cm³/mol. The Labute approximate surface area is 103 Å². The van der Waals surface area contributed by atoms with E-state index in [1.54, 1.807) is 0 Å². The van der Waals surface area contributed by atoms with Crippen molar-refractivity contribution in [3.63, 3.8) is 0 Å². The van der Waals surface area contributed by atoms with Crippen LogP contribution < -0.4 is 5.73 Å². The molecule has 4 nitrogen and oxygen atoms in total. The fourth-order valence-corrected chi connectivity index (χ4v) is 2.96. The number of hydrogen-bond donors (Lipinski definition) is 1. The summed E-state index contributed by atoms with van der Waals surface area (Å²) in [5.74, 6) is 0.771. The molecule has 0 saturated carbocycles. The van der Waals surface area contributed by atoms with Gasteiger partial charge in [-0.1, -0.05) is 6.92 Å². The van der Waals surface area contributed by atoms with E-state index in [9.17, 15) is 4.79 Å². The van der Waals surface area contributed by atoms with Crippen LogP contribution in [0.1, 0.15) is 39.0 Å². The van der Waals surface area contributed by atoms with Crippen LogP contribution in [0.2, 0.25) is 0 Å². The summed E-state index contributed by atoms with van der Waals surface area (Å²) in [5, 5.41) is 0. The van der Waals surface area contributed by atoms with Gasteiger partial charge >= 0.3 is 0 Å². The summed E-state index contributed by atoms with van der Waals surface area (Å²) < 4.78 is 5.63. The van der Waals surface area contributed by atoms with Gasteiger partial charge < -0.3 is 15.4 Å². The lowest BCUT2D eigenvalue weighted by Crippen LogP contribution is -2.43. The van der Waals surface area contributed by atoms with Gasteiger partial charge in [-0.3, -0.25) is 4.79 Å². The molecule has 2 aliphatic heterocycles. The summed E-state index contributed by atoms with van der Waals surface area (Å²) in [4.78, 5) is 14.2. The quantitative estimate of drug-likeness (QED) is 0.805. The van der Waals surface area contributed by atoms with Crippen molar-refractivity contribution in [2.24, 2.45) is 11.7 Å². The maximum absolute atomic E-state index is 12.2. The topological polar surface area (TPSA) is 55.6 Å². The van der Waals surface area contributed by atoms with Crippen LogP contribution in [-0.4, -0.2) is 42.6 Å². The molecule has 0 aliphatic carbocycles. The van der Waals surface area contributed by atoms with Gasteiger partial charge in [0.15, 0.2) is 0 Å². The molecule has 0 bridgehead atoms. The van der Waals surface area contributed by atoms with Crippen molar-refractivity contribution in [3.8, 4) is 0 Å². The molecule has 0 spiro atoms. The summed E-state index contributed by atoms with van der Waals surface area (Å²) >= 11 is 0. The summed E-state index contributed by atoms with van der Waals surface area (Å²) in [6.07, 6.45) is 5.13. The van der Waals surface area contributed by atoms with Gasteiger partial charge in [0.1, 0.15) is 0 Å². The first-order valence-electron chi connectivity index (χ1n) is 6.83. The second kappa shape index (κ2) is 5.83. The first-order valence-corrected chi connectivity index (χ1v) is 6.83. The second-order valence-electron chi connectivity index (χ2n) is 5.35. The van der Waals surface area contributed by atoms with Gasteiger partial charge in [0.25, 0.3) is 0 Å². The highest BCUT2D eigenvalue weighted by Gasteiger charge is 2.34. The molecule has 2 saturated heterocycles. The molecule has 2 fully saturated rings. The molecule has 0 radical (unpaired) electrons. The van der Waals surface area contributed by atoms with Gasteiger partial charge in [0, 0.05) is 25.7 Å². The third-order valence-electron chi connectivity index (χ3n) is 4.12. The van der Waals surface area contributed by atoms with Crippen molar-refractivity contribution < 1.29 is 9.53 Å². The number of nitrogens with zero attached hydrogens (tertiary/aromatic N) is 1. The number of hydrogen-bond acceptors (Lipinski definition) is 3. The monoisotopic (exact) mass is 240 g/mol. The zero-order valence-electron chi connectivity index (χ0n) is 10.7. The highest BCUT2D eigenvalue weighted by Crippen LogP contribution is 2.25. The lowest BCUT2D eigenvalue weighted by molar-refractivity contribution is -0.136. The van der Waals surface area contributed by atoms with Crippen molar-refractivity contribution in [1.82, 2.24) is 4.90 Å². The van der Waals surface area contributed by atoms with E-state index >= 15 is 0 Å². The molecule has 0 aromatic rings. The Balaban J connectivity index is 1.86. The van der Waals surface area contributed by atoms with Crippen molar-refractivity contribution >= 4 is 5.91 Å². The number of carbonyl (C=O) groups is 1. The number of amides is 1. The maximum Gasteiger partial charge on any atom is 0.225 e. The van der Waals surface area contributed by atoms with Crippen LogP contribution >= 0.6 is 0 Å². The molecular formula is C13H24N2O2. The highest BCUT2D eigenvalue weighted by atomic mass is 16.5. The van der Waals surface area contributed by atoms with Crippen LogP contribution in [0.5, 0.6) is 0 Å². The largest absolute Gasteiger partial charge is 0.378 e. The third kappa shape index (κ3) is 2.99. The summed E-state index contributed by atoms with van der Waals surface area (Å²) in [7, 11) is 0. The number of likely N-dealkylation sites (tertiary alicyclic amines) is 1. The van der Waals surface area contributed by atoms with E-state index in [0.717, 1.165) is 32.4 Å². The van der Waals surface area contributed by atoms with Crippen LogP contribution in [0.25, 0.3) is 0 Å². The molecule has 4 heteroatoms. The molecule has 0 aromatic heterocycles. The van der Waals surface area contributed by atoms with E-state index < -0.39 is 0 Å². The highest BCUT2D eigenvalue weighted by molar-refractivity contribution is 5.77. The van der Waals surface area contributed by atoms with Crippen LogP contribution in [0.15, 0.2) is 0 Å². The summed E-state index contributed by atoms with van der Waals surface area (Å²) in [5.41, 5.74) is 5.76. The molecule has 3 unspecified atom stereocenters. The SMILES string of the molecule is CC1CCN(C(=O)CC2CCCCO2)C1CN. The van der Waals surface area contributed by atoms with Gasteiger partial charge in [-0.05, 0) is 31.6 Å². The van der Waals surface area contributed by atoms with Crippen LogP contribution in [0.3, 0.4) is 0 Å². The minimum absolute atomic E-state index is 0.144. The van der Waals surface area contributed by atoms with E-state index in [2.05, 4.69) is 6.92 Å². The average Bonchev–Trinajstić information content (AvgIpc) is 2.71. The molecule has 0 aromatic carbocycles. The van der Waals surface area contributed by atoms with Crippen molar-refractivity contribution in [1.29, 1.82) is 0 Å². The Bertz CT molecular complexity index is 264. The van der Waals surface area contributed by atoms with Gasteiger partial charge in [0.2, 0.25) is 5.91 Å². The molecule has 2 heterocycles. The number of nitrogens with two attached hydrogens (primary N) is 1. The molecule has 3 atom stereocenters. The zero-order valence-corrected chi connectivity index (χ0v) is 10.7. The van der Waals surface area contributed by atoms with E-state index in [-0.39, 0.29) is 18.1 Å². The number of ether oxygens (including phenoxy) is 1. The zero-order chi connectivity index (χ0) is 12.3. The maximum atomic E-state index is 12.2. The molecule has 2 aliphatic rings. The Morgan fingerprint density at radius 3 is 2.88 bits per heavy atom. The second-order valence-corrected chi connectivity index (χ2v) is 5.35. The Kier molecular flexibility index (Phi) is 4.40. The lowest BCUT2D eigenvalue weighted by Gasteiger charge is -2.29. The van der Waals surface area contributed by atoms with Gasteiger partial charge in [-0.25, -0.2) is 0 Å². The summed E-state index contributed by atoms with van der Waals surface area (Å²) in [6.45, 7) is 4.45. The van der Waals surface area contributed by atoms with Gasteiger partial charge in [-0.15, -0.1) is 0 Å². The predicted octanol–water partition coefficient (Wildman–Crippen LogP) is 1.14. The van der Waals surface area contributed by atoms with Crippen LogP contribution in [-0.2, 0) is 9.53 Å². The fraction of sp³-hybridized carbons (Fsp3) is 0.923. The van der Waals surface area contributed by atoms with Crippen molar-refractivity contribution in [3.05, 3.63) is 0 Å². The first-order chi connectivity index (χ1) is 8.22. The van der Waals surface area contributed by atoms with E-state index in [0.29, 0.717) is 18.9 Å². The van der Waals surface area contributed by atoms with Crippen molar-refractivity contribution in [2.75, 3.05) is 19.7 Å². The van der Waals surface area contributed by atoms with E-state index in [4.69, 9.17) is 10.5 Å². The average molecular weight is 240 g/mol. The Morgan fingerprint density at radius 1 is 1.41 bits per heavy atom. The molecule has 17 heavy (non-hydrogen) atoms. The van der Waals surface area contributed by atoms with Crippen LogP contribution in [0.4, 0.5) is 0 Å². The third-order valence-corrected chi connectivity index (χ3v) is 4.12. The summed E-state index contributed by atoms with van der Waals surface area (Å²) in [6, 6.07) is 0.242. The van der Waals surface area contributed by atoms with Gasteiger partial charge in [0.05, 0.1) is 12.5 Å². The van der Waals surface area contributed by atoms with Crippen LogP contribution in [0, 0.1) is 5.92 Å². The normalized spacial score (nSPS) is 34.0. The fourth-order valence-electron chi connectivity index (χ4n) is 2.96. The first kappa shape index (κ1) is 12.8. The minimum Gasteiger partial charge on any atom is -0.378 e. The minimum atomic E-state index is 0.144. The molecular weight excluding hydrogens is 216 g/mol.